The number of carbonyl (C=O) groups excluding carboxylic acids is 1. The predicted molar refractivity (Wildman–Crippen MR) is 212 cm³/mol. The summed E-state index contributed by atoms with van der Waals surface area (Å²) in [6, 6.07) is 0. The first-order valence-electron chi connectivity index (χ1n) is 21.6. The fourth-order valence-corrected chi connectivity index (χ4v) is 12.0. The van der Waals surface area contributed by atoms with Gasteiger partial charge in [-0.05, 0) is 82.8 Å². The van der Waals surface area contributed by atoms with Crippen LogP contribution in [0.2, 0.25) is 0 Å². The van der Waals surface area contributed by atoms with Crippen molar-refractivity contribution in [1.82, 2.24) is 5.32 Å². The van der Waals surface area contributed by atoms with E-state index in [1.165, 1.54) is 0 Å². The highest BCUT2D eigenvalue weighted by Gasteiger charge is 2.65. The Bertz CT molecular complexity index is 1310. The van der Waals surface area contributed by atoms with Crippen LogP contribution in [0.1, 0.15) is 120 Å². The number of thioether (sulfide) groups is 1. The molecular formula is C43H75NO10S. The molecule has 0 radical (unpaired) electrons. The molecule has 55 heavy (non-hydrogen) atoms. The number of methoxy groups -OCH3 is 1. The van der Waals surface area contributed by atoms with Gasteiger partial charge >= 0.3 is 0 Å². The number of hydrogen-bond donors (Lipinski definition) is 3. The maximum Gasteiger partial charge on any atom is 0.225 e. The zero-order chi connectivity index (χ0) is 40.1. The minimum absolute atomic E-state index is 0.00219. The third-order valence-corrected chi connectivity index (χ3v) is 15.7. The average molecular weight is 798 g/mol. The van der Waals surface area contributed by atoms with E-state index in [0.717, 1.165) is 63.5 Å². The summed E-state index contributed by atoms with van der Waals surface area (Å²) in [6.07, 6.45) is 8.59. The van der Waals surface area contributed by atoms with Gasteiger partial charge in [0.05, 0.1) is 72.6 Å². The van der Waals surface area contributed by atoms with Gasteiger partial charge in [-0.25, -0.2) is 0 Å². The Morgan fingerprint density at radius 3 is 2.35 bits per heavy atom. The number of aliphatic hydroxyl groups is 2. The van der Waals surface area contributed by atoms with Gasteiger partial charge in [-0.15, -0.1) is 0 Å². The Hall–Kier alpha value is -0.540. The van der Waals surface area contributed by atoms with Gasteiger partial charge in [-0.1, -0.05) is 48.5 Å². The first kappa shape index (κ1) is 44.0. The van der Waals surface area contributed by atoms with E-state index in [1.807, 2.05) is 20.1 Å². The van der Waals surface area contributed by atoms with Gasteiger partial charge < -0.3 is 48.7 Å². The van der Waals surface area contributed by atoms with E-state index in [4.69, 9.17) is 33.2 Å². The molecule has 0 aromatic carbocycles. The first-order valence-corrected chi connectivity index (χ1v) is 23.0. The molecule has 6 aliphatic rings. The normalized spacial score (nSPS) is 51.1. The molecule has 6 aliphatic heterocycles. The number of amides is 1. The van der Waals surface area contributed by atoms with E-state index in [-0.39, 0.29) is 90.2 Å². The molecule has 2 unspecified atom stereocenters. The summed E-state index contributed by atoms with van der Waals surface area (Å²) in [7, 11) is 1.80. The topological polar surface area (TPSA) is 134 Å². The molecule has 0 saturated carbocycles. The average Bonchev–Trinajstić information content (AvgIpc) is 3.82. The second-order valence-corrected chi connectivity index (χ2v) is 20.3. The second kappa shape index (κ2) is 17.2. The van der Waals surface area contributed by atoms with E-state index >= 15 is 0 Å². The lowest BCUT2D eigenvalue weighted by molar-refractivity contribution is -0.353. The smallest absolute Gasteiger partial charge is 0.225 e. The van der Waals surface area contributed by atoms with Crippen molar-refractivity contribution in [3.05, 3.63) is 0 Å². The molecule has 12 heteroatoms. The van der Waals surface area contributed by atoms with Crippen LogP contribution in [-0.2, 0) is 38.0 Å². The minimum atomic E-state index is -1.55. The third kappa shape index (κ3) is 8.58. The van der Waals surface area contributed by atoms with E-state index in [0.29, 0.717) is 12.5 Å². The van der Waals surface area contributed by atoms with Gasteiger partial charge in [0, 0.05) is 50.0 Å². The van der Waals surface area contributed by atoms with E-state index in [2.05, 4.69) is 53.8 Å². The number of nitrogens with one attached hydrogen (secondary N) is 1. The Balaban J connectivity index is 1.11. The maximum atomic E-state index is 13.0. The van der Waals surface area contributed by atoms with E-state index in [1.54, 1.807) is 18.9 Å². The molecular weight excluding hydrogens is 723 g/mol. The molecule has 0 aliphatic carbocycles. The van der Waals surface area contributed by atoms with Crippen molar-refractivity contribution in [1.29, 1.82) is 0 Å². The molecule has 6 rings (SSSR count). The van der Waals surface area contributed by atoms with Crippen LogP contribution >= 0.6 is 11.8 Å². The molecule has 1 spiro atoms. The lowest BCUT2D eigenvalue weighted by Gasteiger charge is -2.50. The SMILES string of the molecule is CO[C@@H]1C[C@@H](C[C@H]2CC[C@H](C)C([C@@H](C)C(=O)NCCSC)O2)O[C@]2(O[C@@](C)(C3CC[C@@](C)([C@@H]4O[C@@H]([C@@H]5O[C@@](O)(CO)[C@H](C)C[C@@H]5C)C[C@@H]4C)O3)C[C@H]2C)[C@@H]1C. The van der Waals surface area contributed by atoms with Crippen LogP contribution in [0.4, 0.5) is 0 Å². The minimum Gasteiger partial charge on any atom is -0.391 e. The van der Waals surface area contributed by atoms with Crippen LogP contribution in [0, 0.1) is 41.4 Å². The third-order valence-electron chi connectivity index (χ3n) is 15.1. The Morgan fingerprint density at radius 1 is 0.909 bits per heavy atom. The summed E-state index contributed by atoms with van der Waals surface area (Å²) in [6.45, 7) is 19.6. The van der Waals surface area contributed by atoms with Crippen LogP contribution < -0.4 is 5.32 Å². The van der Waals surface area contributed by atoms with Gasteiger partial charge in [0.25, 0.3) is 0 Å². The standard InChI is InChI=1S/C43H75NO10S/c1-24-12-13-31(49-36(24)29(6)39(46)44-16-17-55-11)20-32-21-33(48-10)30(7)43(51-32)28(5)22-41(9,54-43)35-14-15-40(8,52-35)38-26(3)19-34(50-38)37-25(2)18-27(4)42(47,23-45)53-37/h24-38,45,47H,12-23H2,1-11H3,(H,44,46)/t24-,25-,26-,27+,28+,29+,30+,31+,32+,33+,34+,35?,36?,37+,38+,40-,41+,42-,43+/m0/s1. The van der Waals surface area contributed by atoms with Crippen molar-refractivity contribution in [2.75, 3.05) is 32.3 Å². The fraction of sp³-hybridized carbons (Fsp3) is 0.977. The maximum absolute atomic E-state index is 13.0. The molecule has 19 atom stereocenters. The lowest BCUT2D eigenvalue weighted by atomic mass is 9.78. The molecule has 6 saturated heterocycles. The van der Waals surface area contributed by atoms with E-state index < -0.39 is 29.4 Å². The van der Waals surface area contributed by atoms with Gasteiger partial charge in [0.2, 0.25) is 5.91 Å². The fourth-order valence-electron chi connectivity index (χ4n) is 11.7. The van der Waals surface area contributed by atoms with Crippen molar-refractivity contribution >= 4 is 17.7 Å². The number of carbonyl (C=O) groups is 1. The van der Waals surface area contributed by atoms with Crippen LogP contribution in [0.15, 0.2) is 0 Å². The number of rotatable bonds is 12. The Morgan fingerprint density at radius 2 is 1.65 bits per heavy atom. The van der Waals surface area contributed by atoms with Crippen LogP contribution in [0.25, 0.3) is 0 Å². The molecule has 0 aromatic rings. The monoisotopic (exact) mass is 798 g/mol. The Kier molecular flexibility index (Phi) is 13.8. The summed E-state index contributed by atoms with van der Waals surface area (Å²) in [4.78, 5) is 13.0. The van der Waals surface area contributed by atoms with Crippen molar-refractivity contribution in [3.63, 3.8) is 0 Å². The largest absolute Gasteiger partial charge is 0.391 e. The van der Waals surface area contributed by atoms with Crippen LogP contribution in [-0.4, -0.2) is 120 Å². The lowest BCUT2D eigenvalue weighted by Crippen LogP contribution is -2.58. The number of ether oxygens (including phenoxy) is 7. The predicted octanol–water partition coefficient (Wildman–Crippen LogP) is 6.10. The molecule has 0 aromatic heterocycles. The Labute approximate surface area is 335 Å². The van der Waals surface area contributed by atoms with Gasteiger partial charge in [-0.2, -0.15) is 11.8 Å². The van der Waals surface area contributed by atoms with E-state index in [9.17, 15) is 15.0 Å². The van der Waals surface area contributed by atoms with Crippen LogP contribution in [0.3, 0.4) is 0 Å². The molecule has 3 N–H and O–H groups in total. The molecule has 318 valence electrons. The summed E-state index contributed by atoms with van der Waals surface area (Å²) < 4.78 is 47.6. The molecule has 6 fully saturated rings. The van der Waals surface area contributed by atoms with Crippen LogP contribution in [0.5, 0.6) is 0 Å². The first-order chi connectivity index (χ1) is 25.9. The summed E-state index contributed by atoms with van der Waals surface area (Å²) in [5, 5.41) is 24.1. The van der Waals surface area contributed by atoms with Crippen molar-refractivity contribution < 1.29 is 48.2 Å². The molecule has 11 nitrogen and oxygen atoms in total. The number of hydrogen-bond acceptors (Lipinski definition) is 11. The molecule has 1 amide bonds. The highest BCUT2D eigenvalue weighted by molar-refractivity contribution is 7.98. The number of aliphatic hydroxyl groups excluding tert-OH is 1. The summed E-state index contributed by atoms with van der Waals surface area (Å²) >= 11 is 1.73. The molecule has 0 bridgehead atoms. The second-order valence-electron chi connectivity index (χ2n) is 19.3. The zero-order valence-electron chi connectivity index (χ0n) is 35.7. The summed E-state index contributed by atoms with van der Waals surface area (Å²) in [5.74, 6) is -0.920. The molecule has 6 heterocycles. The zero-order valence-corrected chi connectivity index (χ0v) is 36.5. The van der Waals surface area contributed by atoms with Gasteiger partial charge in [-0.3, -0.25) is 4.79 Å². The van der Waals surface area contributed by atoms with Gasteiger partial charge in [0.1, 0.15) is 0 Å². The van der Waals surface area contributed by atoms with Crippen molar-refractivity contribution in [2.45, 2.75) is 192 Å². The quantitative estimate of drug-likeness (QED) is 0.198. The highest BCUT2D eigenvalue weighted by Crippen LogP contribution is 2.57. The van der Waals surface area contributed by atoms with Gasteiger partial charge in [0.15, 0.2) is 11.6 Å². The van der Waals surface area contributed by atoms with Crippen molar-refractivity contribution in [3.8, 4) is 0 Å². The summed E-state index contributed by atoms with van der Waals surface area (Å²) in [5.41, 5.74) is -1.07. The van der Waals surface area contributed by atoms with Crippen molar-refractivity contribution in [2.24, 2.45) is 41.4 Å². The highest BCUT2D eigenvalue weighted by atomic mass is 32.2.